The van der Waals surface area contributed by atoms with Crippen molar-refractivity contribution < 1.29 is 4.79 Å². The van der Waals surface area contributed by atoms with Crippen molar-refractivity contribution in [2.45, 2.75) is 58.0 Å². The molecule has 1 fully saturated rings. The van der Waals surface area contributed by atoms with Crippen molar-refractivity contribution >= 4 is 5.91 Å². The van der Waals surface area contributed by atoms with Crippen molar-refractivity contribution in [1.82, 2.24) is 30.3 Å². The van der Waals surface area contributed by atoms with Gasteiger partial charge in [0.05, 0.1) is 12.1 Å². The van der Waals surface area contributed by atoms with Crippen LogP contribution in [0.1, 0.15) is 48.7 Å². The van der Waals surface area contributed by atoms with Crippen LogP contribution in [-0.2, 0) is 11.2 Å². The van der Waals surface area contributed by atoms with Crippen LogP contribution in [0, 0.1) is 13.8 Å². The van der Waals surface area contributed by atoms with Crippen LogP contribution in [-0.4, -0.2) is 36.9 Å². The lowest BCUT2D eigenvalue weighted by Gasteiger charge is -2.29. The number of aryl methyl sites for hydroxylation is 2. The summed E-state index contributed by atoms with van der Waals surface area (Å²) in [6.07, 6.45) is 8.04. The van der Waals surface area contributed by atoms with Crippen molar-refractivity contribution in [3.05, 3.63) is 29.6 Å². The molecule has 2 N–H and O–H groups in total. The van der Waals surface area contributed by atoms with Crippen molar-refractivity contribution in [1.29, 1.82) is 0 Å². The fraction of sp³-hybridized carbons (Fsp3) is 0.600. The minimum absolute atomic E-state index is 0.0837. The monoisotopic (exact) mass is 302 g/mol. The van der Waals surface area contributed by atoms with Gasteiger partial charge < -0.3 is 9.88 Å². The summed E-state index contributed by atoms with van der Waals surface area (Å²) in [5.74, 6) is 0.0837. The number of nitrogens with zero attached hydrogens (tertiary/aromatic N) is 4. The van der Waals surface area contributed by atoms with Gasteiger partial charge in [-0.1, -0.05) is 0 Å². The van der Waals surface area contributed by atoms with Crippen LogP contribution in [0.2, 0.25) is 0 Å². The van der Waals surface area contributed by atoms with Gasteiger partial charge >= 0.3 is 0 Å². The second kappa shape index (κ2) is 6.29. The molecule has 2 aromatic rings. The average Bonchev–Trinajstić information content (AvgIpc) is 3.14. The van der Waals surface area contributed by atoms with E-state index in [9.17, 15) is 4.79 Å². The van der Waals surface area contributed by atoms with Crippen LogP contribution in [0.15, 0.2) is 12.7 Å². The van der Waals surface area contributed by atoms with Crippen LogP contribution < -0.4 is 5.32 Å². The summed E-state index contributed by atoms with van der Waals surface area (Å²) < 4.78 is 2.07. The fourth-order valence-electron chi connectivity index (χ4n) is 3.19. The first-order valence-electron chi connectivity index (χ1n) is 7.77. The maximum atomic E-state index is 12.2. The van der Waals surface area contributed by atoms with Gasteiger partial charge in [-0.2, -0.15) is 5.10 Å². The molecule has 2 aromatic heterocycles. The lowest BCUT2D eigenvalue weighted by molar-refractivity contribution is -0.121. The third-order valence-electron chi connectivity index (χ3n) is 4.54. The molecule has 0 aliphatic heterocycles. The molecule has 0 radical (unpaired) electrons. The van der Waals surface area contributed by atoms with Crippen molar-refractivity contribution in [3.8, 4) is 0 Å². The highest BCUT2D eigenvalue weighted by atomic mass is 16.1. The molecule has 1 saturated carbocycles. The molecule has 1 aliphatic carbocycles. The molecule has 0 atom stereocenters. The summed E-state index contributed by atoms with van der Waals surface area (Å²) in [5, 5.41) is 17.9. The van der Waals surface area contributed by atoms with E-state index in [4.69, 9.17) is 0 Å². The van der Waals surface area contributed by atoms with E-state index >= 15 is 0 Å². The number of carbonyl (C=O) groups is 1. The SMILES string of the molecule is Cc1n[nH]c(C)c1CC(=O)NC1CCC(n2cnnc2)CC1. The molecular weight excluding hydrogens is 280 g/mol. The van der Waals surface area contributed by atoms with E-state index in [1.54, 1.807) is 12.7 Å². The Hall–Kier alpha value is -2.18. The van der Waals surface area contributed by atoms with E-state index in [0.29, 0.717) is 12.5 Å². The fourth-order valence-corrected chi connectivity index (χ4v) is 3.19. The number of hydrogen-bond donors (Lipinski definition) is 2. The zero-order valence-corrected chi connectivity index (χ0v) is 13.0. The van der Waals surface area contributed by atoms with Crippen LogP contribution in [0.3, 0.4) is 0 Å². The maximum Gasteiger partial charge on any atom is 0.224 e. The molecule has 0 unspecified atom stereocenters. The van der Waals surface area contributed by atoms with E-state index in [2.05, 4.69) is 30.3 Å². The summed E-state index contributed by atoms with van der Waals surface area (Å²) >= 11 is 0. The topological polar surface area (TPSA) is 88.5 Å². The zero-order chi connectivity index (χ0) is 15.5. The van der Waals surface area contributed by atoms with Crippen molar-refractivity contribution in [2.75, 3.05) is 0 Å². The first kappa shape index (κ1) is 14.7. The van der Waals surface area contributed by atoms with Gasteiger partial charge in [-0.05, 0) is 39.5 Å². The van der Waals surface area contributed by atoms with Crippen LogP contribution in [0.4, 0.5) is 0 Å². The zero-order valence-electron chi connectivity index (χ0n) is 13.0. The van der Waals surface area contributed by atoms with Gasteiger partial charge in [-0.3, -0.25) is 9.89 Å². The Labute approximate surface area is 129 Å². The van der Waals surface area contributed by atoms with E-state index in [1.807, 2.05) is 13.8 Å². The molecule has 2 heterocycles. The molecule has 7 nitrogen and oxygen atoms in total. The third kappa shape index (κ3) is 3.18. The normalized spacial score (nSPS) is 21.7. The summed E-state index contributed by atoms with van der Waals surface area (Å²) in [5.41, 5.74) is 2.89. The molecule has 0 spiro atoms. The quantitative estimate of drug-likeness (QED) is 0.895. The summed E-state index contributed by atoms with van der Waals surface area (Å²) in [6.45, 7) is 3.88. The highest BCUT2D eigenvalue weighted by Gasteiger charge is 2.23. The Morgan fingerprint density at radius 3 is 2.55 bits per heavy atom. The van der Waals surface area contributed by atoms with Gasteiger partial charge in [-0.15, -0.1) is 10.2 Å². The Balaban J connectivity index is 1.49. The lowest BCUT2D eigenvalue weighted by atomic mass is 9.91. The lowest BCUT2D eigenvalue weighted by Crippen LogP contribution is -2.38. The molecule has 7 heteroatoms. The number of nitrogens with one attached hydrogen (secondary N) is 2. The largest absolute Gasteiger partial charge is 0.353 e. The van der Waals surface area contributed by atoms with Crippen LogP contribution in [0.5, 0.6) is 0 Å². The van der Waals surface area contributed by atoms with E-state index in [-0.39, 0.29) is 11.9 Å². The summed E-state index contributed by atoms with van der Waals surface area (Å²) in [7, 11) is 0. The number of H-pyrrole nitrogens is 1. The number of rotatable bonds is 4. The van der Waals surface area contributed by atoms with Gasteiger partial charge in [0.25, 0.3) is 0 Å². The van der Waals surface area contributed by atoms with Crippen LogP contribution in [0.25, 0.3) is 0 Å². The average molecular weight is 302 g/mol. The van der Waals surface area contributed by atoms with E-state index in [0.717, 1.165) is 42.6 Å². The Morgan fingerprint density at radius 2 is 1.95 bits per heavy atom. The molecule has 1 amide bonds. The second-order valence-corrected chi connectivity index (χ2v) is 6.07. The predicted molar refractivity (Wildman–Crippen MR) is 81.2 cm³/mol. The third-order valence-corrected chi connectivity index (χ3v) is 4.54. The van der Waals surface area contributed by atoms with Crippen molar-refractivity contribution in [2.24, 2.45) is 0 Å². The second-order valence-electron chi connectivity index (χ2n) is 6.07. The number of amides is 1. The minimum atomic E-state index is 0.0837. The first-order chi connectivity index (χ1) is 10.6. The maximum absolute atomic E-state index is 12.2. The Kier molecular flexibility index (Phi) is 4.22. The summed E-state index contributed by atoms with van der Waals surface area (Å²) in [4.78, 5) is 12.2. The standard InChI is InChI=1S/C15H22N6O/c1-10-14(11(2)20-19-10)7-15(22)18-12-3-5-13(6-4-12)21-8-16-17-9-21/h8-9,12-13H,3-7H2,1-2H3,(H,18,22)(H,19,20). The van der Waals surface area contributed by atoms with Gasteiger partial charge in [0.1, 0.15) is 12.7 Å². The van der Waals surface area contributed by atoms with Gasteiger partial charge in [0, 0.05) is 23.3 Å². The Morgan fingerprint density at radius 1 is 1.27 bits per heavy atom. The summed E-state index contributed by atoms with van der Waals surface area (Å²) in [6, 6.07) is 0.731. The smallest absolute Gasteiger partial charge is 0.224 e. The number of carbonyl (C=O) groups excluding carboxylic acids is 1. The van der Waals surface area contributed by atoms with E-state index in [1.165, 1.54) is 0 Å². The molecule has 118 valence electrons. The Bertz CT molecular complexity index is 605. The molecule has 3 rings (SSSR count). The minimum Gasteiger partial charge on any atom is -0.353 e. The molecule has 0 aromatic carbocycles. The van der Waals surface area contributed by atoms with Gasteiger partial charge in [0.2, 0.25) is 5.91 Å². The number of aromatic amines is 1. The van der Waals surface area contributed by atoms with Crippen LogP contribution >= 0.6 is 0 Å². The van der Waals surface area contributed by atoms with Gasteiger partial charge in [0.15, 0.2) is 0 Å². The van der Waals surface area contributed by atoms with Gasteiger partial charge in [-0.25, -0.2) is 0 Å². The highest BCUT2D eigenvalue weighted by molar-refractivity contribution is 5.79. The number of hydrogen-bond acceptors (Lipinski definition) is 4. The molecule has 1 aliphatic rings. The number of aromatic nitrogens is 5. The molecular formula is C15H22N6O. The van der Waals surface area contributed by atoms with Crippen molar-refractivity contribution in [3.63, 3.8) is 0 Å². The van der Waals surface area contributed by atoms with E-state index < -0.39 is 0 Å². The highest BCUT2D eigenvalue weighted by Crippen LogP contribution is 2.28. The first-order valence-corrected chi connectivity index (χ1v) is 7.77. The molecule has 22 heavy (non-hydrogen) atoms. The molecule has 0 saturated heterocycles. The predicted octanol–water partition coefficient (Wildman–Crippen LogP) is 1.46. The molecule has 0 bridgehead atoms.